The molecule has 8 heteroatoms. The number of aliphatic carboxylic acids is 2. The molecule has 104 valence electrons. The molecule has 2 aliphatic heterocycles. The van der Waals surface area contributed by atoms with Crippen molar-refractivity contribution >= 4 is 11.9 Å². The van der Waals surface area contributed by atoms with Crippen LogP contribution >= 0.6 is 0 Å². The largest absolute Gasteiger partial charge is 0.480 e. The lowest BCUT2D eigenvalue weighted by Crippen LogP contribution is -2.29. The van der Waals surface area contributed by atoms with Gasteiger partial charge in [0.15, 0.2) is 0 Å². The fourth-order valence-corrected chi connectivity index (χ4v) is 1.81. The zero-order valence-electron chi connectivity index (χ0n) is 9.74. The Bertz CT molecular complexity index is 281. The Morgan fingerprint density at radius 2 is 1.17 bits per heavy atom. The van der Waals surface area contributed by atoms with E-state index in [9.17, 15) is 9.59 Å². The van der Waals surface area contributed by atoms with Crippen molar-refractivity contribution in [3.63, 3.8) is 0 Å². The molecule has 18 heavy (non-hydrogen) atoms. The number of carbonyl (C=O) groups is 2. The summed E-state index contributed by atoms with van der Waals surface area (Å²) in [4.78, 5) is 20.3. The third-order valence-corrected chi connectivity index (χ3v) is 2.81. The SMILES string of the molecule is O=C(O)C1CC(O)CN1.O=C(O)[C@@H]1CC(O)CN1. The van der Waals surface area contributed by atoms with Crippen LogP contribution in [0, 0.1) is 0 Å². The molecular weight excluding hydrogens is 244 g/mol. The molecule has 0 aromatic heterocycles. The molecule has 8 nitrogen and oxygen atoms in total. The summed E-state index contributed by atoms with van der Waals surface area (Å²) in [5.41, 5.74) is 0. The fourth-order valence-electron chi connectivity index (χ4n) is 1.81. The number of hydrogen-bond acceptors (Lipinski definition) is 6. The van der Waals surface area contributed by atoms with Crippen LogP contribution in [-0.2, 0) is 9.59 Å². The normalized spacial score (nSPS) is 34.8. The van der Waals surface area contributed by atoms with Gasteiger partial charge in [-0.15, -0.1) is 0 Å². The lowest BCUT2D eigenvalue weighted by Gasteiger charge is -1.99. The monoisotopic (exact) mass is 262 g/mol. The summed E-state index contributed by atoms with van der Waals surface area (Å²) in [5, 5.41) is 39.7. The minimum atomic E-state index is -0.883. The minimum Gasteiger partial charge on any atom is -0.480 e. The van der Waals surface area contributed by atoms with Gasteiger partial charge in [0.05, 0.1) is 12.2 Å². The maximum atomic E-state index is 10.2. The predicted octanol–water partition coefficient (Wildman–Crippen LogP) is -2.41. The van der Waals surface area contributed by atoms with Crippen LogP contribution in [0.5, 0.6) is 0 Å². The van der Waals surface area contributed by atoms with Crippen molar-refractivity contribution in [2.45, 2.75) is 37.1 Å². The van der Waals surface area contributed by atoms with E-state index in [1.807, 2.05) is 0 Å². The van der Waals surface area contributed by atoms with Crippen molar-refractivity contribution in [1.82, 2.24) is 10.6 Å². The van der Waals surface area contributed by atoms with Gasteiger partial charge in [0.25, 0.3) is 0 Å². The van der Waals surface area contributed by atoms with Crippen LogP contribution < -0.4 is 10.6 Å². The summed E-state index contributed by atoms with van der Waals surface area (Å²) >= 11 is 0. The van der Waals surface area contributed by atoms with Crippen LogP contribution in [0.1, 0.15) is 12.8 Å². The molecule has 0 spiro atoms. The molecule has 0 bridgehead atoms. The average Bonchev–Trinajstić information content (AvgIpc) is 2.88. The van der Waals surface area contributed by atoms with E-state index in [2.05, 4.69) is 10.6 Å². The number of nitrogens with one attached hydrogen (secondary N) is 2. The molecule has 0 aliphatic carbocycles. The van der Waals surface area contributed by atoms with Crippen LogP contribution in [0.4, 0.5) is 0 Å². The van der Waals surface area contributed by atoms with Gasteiger partial charge in [0.2, 0.25) is 0 Å². The minimum absolute atomic E-state index is 0.329. The summed E-state index contributed by atoms with van der Waals surface area (Å²) < 4.78 is 0. The second-order valence-corrected chi connectivity index (χ2v) is 4.38. The van der Waals surface area contributed by atoms with Crippen LogP contribution in [0.25, 0.3) is 0 Å². The molecule has 3 unspecified atom stereocenters. The highest BCUT2D eigenvalue weighted by Crippen LogP contribution is 2.05. The molecule has 0 saturated carbocycles. The zero-order valence-corrected chi connectivity index (χ0v) is 9.74. The van der Waals surface area contributed by atoms with Gasteiger partial charge in [0.1, 0.15) is 12.1 Å². The van der Waals surface area contributed by atoms with Gasteiger partial charge in [-0.2, -0.15) is 0 Å². The molecule has 2 fully saturated rings. The number of aliphatic hydroxyl groups excluding tert-OH is 2. The molecule has 2 rings (SSSR count). The van der Waals surface area contributed by atoms with Crippen molar-refractivity contribution in [3.05, 3.63) is 0 Å². The third kappa shape index (κ3) is 4.57. The fraction of sp³-hybridized carbons (Fsp3) is 0.800. The lowest BCUT2D eigenvalue weighted by molar-refractivity contribution is -0.140. The van der Waals surface area contributed by atoms with Crippen molar-refractivity contribution in [2.24, 2.45) is 0 Å². The molecule has 0 aromatic carbocycles. The van der Waals surface area contributed by atoms with Crippen molar-refractivity contribution in [3.8, 4) is 0 Å². The van der Waals surface area contributed by atoms with Gasteiger partial charge in [0, 0.05) is 25.9 Å². The summed E-state index contributed by atoms with van der Waals surface area (Å²) in [5.74, 6) is -1.77. The van der Waals surface area contributed by atoms with Crippen molar-refractivity contribution in [1.29, 1.82) is 0 Å². The summed E-state index contributed by atoms with van der Waals surface area (Å²) in [6.07, 6.45) is -0.304. The van der Waals surface area contributed by atoms with E-state index < -0.39 is 36.2 Å². The second-order valence-electron chi connectivity index (χ2n) is 4.38. The van der Waals surface area contributed by atoms with E-state index in [1.54, 1.807) is 0 Å². The maximum absolute atomic E-state index is 10.2. The van der Waals surface area contributed by atoms with E-state index >= 15 is 0 Å². The highest BCUT2D eigenvalue weighted by Gasteiger charge is 2.27. The Kier molecular flexibility index (Phi) is 5.48. The molecule has 2 aliphatic rings. The molecule has 6 N–H and O–H groups in total. The van der Waals surface area contributed by atoms with E-state index in [-0.39, 0.29) is 0 Å². The number of rotatable bonds is 2. The Balaban J connectivity index is 0.000000180. The van der Waals surface area contributed by atoms with Crippen molar-refractivity contribution < 1.29 is 30.0 Å². The molecule has 0 radical (unpaired) electrons. The van der Waals surface area contributed by atoms with Gasteiger partial charge < -0.3 is 31.1 Å². The van der Waals surface area contributed by atoms with Crippen molar-refractivity contribution in [2.75, 3.05) is 13.1 Å². The van der Waals surface area contributed by atoms with Crippen LogP contribution in [0.3, 0.4) is 0 Å². The van der Waals surface area contributed by atoms with Gasteiger partial charge in [-0.05, 0) is 0 Å². The first-order valence-corrected chi connectivity index (χ1v) is 5.68. The smallest absolute Gasteiger partial charge is 0.320 e. The first kappa shape index (κ1) is 14.8. The van der Waals surface area contributed by atoms with E-state index in [4.69, 9.17) is 20.4 Å². The number of carboxylic acids is 2. The van der Waals surface area contributed by atoms with Crippen LogP contribution in [-0.4, -0.2) is 69.7 Å². The standard InChI is InChI=1S/2C5H9NO3/c2*7-3-1-4(5(8)9)6-2-3/h2*3-4,6-7H,1-2H2,(H,8,9)/t3?,4-;/m0./s1. The van der Waals surface area contributed by atoms with E-state index in [0.29, 0.717) is 25.9 Å². The Morgan fingerprint density at radius 3 is 1.28 bits per heavy atom. The van der Waals surface area contributed by atoms with Gasteiger partial charge in [-0.1, -0.05) is 0 Å². The van der Waals surface area contributed by atoms with Gasteiger partial charge in [-0.25, -0.2) is 0 Å². The Hall–Kier alpha value is -1.22. The summed E-state index contributed by atoms with van der Waals surface area (Å²) in [6.45, 7) is 0.800. The average molecular weight is 262 g/mol. The highest BCUT2D eigenvalue weighted by molar-refractivity contribution is 5.74. The van der Waals surface area contributed by atoms with Gasteiger partial charge in [-0.3, -0.25) is 9.59 Å². The Morgan fingerprint density at radius 1 is 0.833 bits per heavy atom. The number of β-amino-alcohol motifs (C(OH)–C–C–N with tert-alkyl or cyclic N) is 2. The molecule has 4 atom stereocenters. The predicted molar refractivity (Wildman–Crippen MR) is 60.1 cm³/mol. The first-order chi connectivity index (χ1) is 8.40. The van der Waals surface area contributed by atoms with Crippen LogP contribution in [0.15, 0.2) is 0 Å². The topological polar surface area (TPSA) is 139 Å². The molecular formula is C10H18N2O6. The highest BCUT2D eigenvalue weighted by atomic mass is 16.4. The number of hydrogen-bond donors (Lipinski definition) is 6. The molecule has 0 amide bonds. The quantitative estimate of drug-likeness (QED) is 0.323. The molecule has 2 saturated heterocycles. The number of carboxylic acid groups (broad SMARTS) is 2. The third-order valence-electron chi connectivity index (χ3n) is 2.81. The molecule has 0 aromatic rings. The maximum Gasteiger partial charge on any atom is 0.320 e. The van der Waals surface area contributed by atoms with Crippen LogP contribution in [0.2, 0.25) is 0 Å². The number of aliphatic hydroxyl groups is 2. The zero-order chi connectivity index (χ0) is 13.7. The Labute approximate surface area is 104 Å². The first-order valence-electron chi connectivity index (χ1n) is 5.68. The summed E-state index contributed by atoms with van der Waals surface area (Å²) in [7, 11) is 0. The lowest BCUT2D eigenvalue weighted by atomic mass is 10.2. The van der Waals surface area contributed by atoms with E-state index in [0.717, 1.165) is 0 Å². The summed E-state index contributed by atoms with van der Waals surface area (Å²) in [6, 6.07) is -1.08. The second kappa shape index (κ2) is 6.64. The van der Waals surface area contributed by atoms with E-state index in [1.165, 1.54) is 0 Å². The van der Waals surface area contributed by atoms with Gasteiger partial charge >= 0.3 is 11.9 Å². The molecule has 2 heterocycles.